The summed E-state index contributed by atoms with van der Waals surface area (Å²) in [6, 6.07) is 3.99. The van der Waals surface area contributed by atoms with Gasteiger partial charge in [0.25, 0.3) is 0 Å². The van der Waals surface area contributed by atoms with E-state index in [2.05, 4.69) is 13.8 Å². The molecule has 0 aromatic heterocycles. The number of benzene rings is 1. The Kier molecular flexibility index (Phi) is 2.35. The zero-order valence-electron chi connectivity index (χ0n) is 9.59. The Bertz CT molecular complexity index is 381. The molecule has 1 saturated heterocycles. The van der Waals surface area contributed by atoms with Crippen molar-refractivity contribution in [1.82, 2.24) is 0 Å². The van der Waals surface area contributed by atoms with Crippen LogP contribution in [0.25, 0.3) is 0 Å². The fourth-order valence-corrected chi connectivity index (χ4v) is 1.81. The van der Waals surface area contributed by atoms with Crippen LogP contribution in [0.15, 0.2) is 12.1 Å². The van der Waals surface area contributed by atoms with E-state index in [1.165, 1.54) is 11.1 Å². The summed E-state index contributed by atoms with van der Waals surface area (Å²) in [6.07, 6.45) is 0. The van der Waals surface area contributed by atoms with Gasteiger partial charge >= 0.3 is 0 Å². The van der Waals surface area contributed by atoms with Crippen LogP contribution in [0.1, 0.15) is 18.1 Å². The Morgan fingerprint density at radius 2 is 1.73 bits per heavy atom. The molecule has 0 spiro atoms. The molecule has 3 heteroatoms. The molecule has 3 nitrogen and oxygen atoms in total. The lowest BCUT2D eigenvalue weighted by molar-refractivity contribution is 0.323. The second-order valence-electron chi connectivity index (χ2n) is 4.04. The van der Waals surface area contributed by atoms with Gasteiger partial charge in [-0.2, -0.15) is 0 Å². The molecule has 0 saturated carbocycles. The number of aryl methyl sites for hydroxylation is 1. The molecule has 1 unspecified atom stereocenters. The first-order valence-electron chi connectivity index (χ1n) is 4.98. The van der Waals surface area contributed by atoms with Gasteiger partial charge in [0.05, 0.1) is 20.8 Å². The molecular formula is C12H16O3. The highest BCUT2D eigenvalue weighted by Gasteiger charge is 2.42. The Hall–Kier alpha value is -1.22. The highest BCUT2D eigenvalue weighted by atomic mass is 16.6. The fraction of sp³-hybridized carbons (Fsp3) is 0.500. The van der Waals surface area contributed by atoms with E-state index in [1.54, 1.807) is 14.2 Å². The predicted molar refractivity (Wildman–Crippen MR) is 57.6 cm³/mol. The van der Waals surface area contributed by atoms with E-state index >= 15 is 0 Å². The first kappa shape index (κ1) is 10.3. The van der Waals surface area contributed by atoms with E-state index in [0.29, 0.717) is 0 Å². The molecule has 0 radical (unpaired) electrons. The molecule has 0 bridgehead atoms. The van der Waals surface area contributed by atoms with Crippen molar-refractivity contribution in [2.24, 2.45) is 0 Å². The highest BCUT2D eigenvalue weighted by Crippen LogP contribution is 2.43. The molecular weight excluding hydrogens is 192 g/mol. The molecule has 0 amide bonds. The van der Waals surface area contributed by atoms with Crippen LogP contribution in [0.5, 0.6) is 11.5 Å². The lowest BCUT2D eigenvalue weighted by Crippen LogP contribution is -2.06. The van der Waals surface area contributed by atoms with Gasteiger partial charge in [0, 0.05) is 0 Å². The zero-order valence-corrected chi connectivity index (χ0v) is 9.59. The van der Waals surface area contributed by atoms with Gasteiger partial charge in [-0.05, 0) is 37.1 Å². The minimum Gasteiger partial charge on any atom is -0.493 e. The normalized spacial score (nSPS) is 23.7. The first-order chi connectivity index (χ1) is 7.10. The van der Waals surface area contributed by atoms with Gasteiger partial charge in [-0.3, -0.25) is 0 Å². The summed E-state index contributed by atoms with van der Waals surface area (Å²) >= 11 is 0. The molecule has 1 aromatic rings. The van der Waals surface area contributed by atoms with Crippen LogP contribution in [0, 0.1) is 6.92 Å². The zero-order chi connectivity index (χ0) is 11.1. The van der Waals surface area contributed by atoms with Crippen molar-refractivity contribution < 1.29 is 14.2 Å². The number of methoxy groups -OCH3 is 2. The number of rotatable bonds is 3. The summed E-state index contributed by atoms with van der Waals surface area (Å²) in [7, 11) is 3.29. The van der Waals surface area contributed by atoms with Gasteiger partial charge in [-0.1, -0.05) is 0 Å². The molecule has 82 valence electrons. The first-order valence-corrected chi connectivity index (χ1v) is 4.98. The summed E-state index contributed by atoms with van der Waals surface area (Å²) in [4.78, 5) is 0. The Labute approximate surface area is 90.0 Å². The van der Waals surface area contributed by atoms with Gasteiger partial charge in [0.15, 0.2) is 11.5 Å². The van der Waals surface area contributed by atoms with Gasteiger partial charge in [-0.15, -0.1) is 0 Å². The second-order valence-corrected chi connectivity index (χ2v) is 4.04. The largest absolute Gasteiger partial charge is 0.493 e. The molecule has 1 fully saturated rings. The SMILES string of the molecule is COc1cc(C)c(C2(C)CO2)cc1OC. The second kappa shape index (κ2) is 3.42. The third kappa shape index (κ3) is 1.67. The van der Waals surface area contributed by atoms with E-state index in [4.69, 9.17) is 14.2 Å². The van der Waals surface area contributed by atoms with E-state index < -0.39 is 0 Å². The molecule has 1 aliphatic heterocycles. The number of hydrogen-bond acceptors (Lipinski definition) is 3. The smallest absolute Gasteiger partial charge is 0.161 e. The van der Waals surface area contributed by atoms with Crippen molar-refractivity contribution in [1.29, 1.82) is 0 Å². The van der Waals surface area contributed by atoms with Crippen molar-refractivity contribution in [3.05, 3.63) is 23.3 Å². The van der Waals surface area contributed by atoms with Gasteiger partial charge in [-0.25, -0.2) is 0 Å². The van der Waals surface area contributed by atoms with Gasteiger partial charge in [0.2, 0.25) is 0 Å². The minimum atomic E-state index is -0.121. The number of ether oxygens (including phenoxy) is 3. The molecule has 1 aliphatic rings. The lowest BCUT2D eigenvalue weighted by atomic mass is 9.96. The van der Waals surface area contributed by atoms with Crippen molar-refractivity contribution in [2.45, 2.75) is 19.4 Å². The summed E-state index contributed by atoms with van der Waals surface area (Å²) in [5, 5.41) is 0. The number of hydrogen-bond donors (Lipinski definition) is 0. The topological polar surface area (TPSA) is 31.0 Å². The quantitative estimate of drug-likeness (QED) is 0.714. The van der Waals surface area contributed by atoms with Crippen LogP contribution in [0.2, 0.25) is 0 Å². The summed E-state index contributed by atoms with van der Waals surface area (Å²) in [5.41, 5.74) is 2.23. The van der Waals surface area contributed by atoms with E-state index in [1.807, 2.05) is 12.1 Å². The molecule has 0 aliphatic carbocycles. The average Bonchev–Trinajstić information content (AvgIpc) is 2.96. The van der Waals surface area contributed by atoms with E-state index in [0.717, 1.165) is 18.1 Å². The maximum absolute atomic E-state index is 5.44. The van der Waals surface area contributed by atoms with Crippen molar-refractivity contribution in [3.8, 4) is 11.5 Å². The molecule has 1 heterocycles. The van der Waals surface area contributed by atoms with Crippen molar-refractivity contribution in [3.63, 3.8) is 0 Å². The average molecular weight is 208 g/mol. The predicted octanol–water partition coefficient (Wildman–Crippen LogP) is 2.26. The van der Waals surface area contributed by atoms with Crippen LogP contribution in [0.4, 0.5) is 0 Å². The summed E-state index contributed by atoms with van der Waals surface area (Å²) < 4.78 is 16.0. The van der Waals surface area contributed by atoms with Crippen LogP contribution in [-0.2, 0) is 10.3 Å². The summed E-state index contributed by atoms with van der Waals surface area (Å²) in [6.45, 7) is 4.93. The van der Waals surface area contributed by atoms with Gasteiger partial charge in [0.1, 0.15) is 5.60 Å². The third-order valence-corrected chi connectivity index (χ3v) is 2.88. The fourth-order valence-electron chi connectivity index (χ4n) is 1.81. The molecule has 15 heavy (non-hydrogen) atoms. The Balaban J connectivity index is 2.48. The molecule has 2 rings (SSSR count). The van der Waals surface area contributed by atoms with Crippen LogP contribution in [0.3, 0.4) is 0 Å². The van der Waals surface area contributed by atoms with Gasteiger partial charge < -0.3 is 14.2 Å². The minimum absolute atomic E-state index is 0.121. The molecule has 1 atom stereocenters. The molecule has 1 aromatic carbocycles. The third-order valence-electron chi connectivity index (χ3n) is 2.88. The Morgan fingerprint density at radius 3 is 2.20 bits per heavy atom. The maximum Gasteiger partial charge on any atom is 0.161 e. The van der Waals surface area contributed by atoms with Crippen LogP contribution >= 0.6 is 0 Å². The monoisotopic (exact) mass is 208 g/mol. The van der Waals surface area contributed by atoms with Crippen LogP contribution in [-0.4, -0.2) is 20.8 Å². The lowest BCUT2D eigenvalue weighted by Gasteiger charge is -2.14. The Morgan fingerprint density at radius 1 is 1.20 bits per heavy atom. The molecule has 0 N–H and O–H groups in total. The van der Waals surface area contributed by atoms with E-state index in [-0.39, 0.29) is 5.60 Å². The van der Waals surface area contributed by atoms with Crippen LogP contribution < -0.4 is 9.47 Å². The van der Waals surface area contributed by atoms with Crippen molar-refractivity contribution >= 4 is 0 Å². The standard InChI is InChI=1S/C12H16O3/c1-8-5-10(13-3)11(14-4)6-9(8)12(2)7-15-12/h5-6H,7H2,1-4H3. The maximum atomic E-state index is 5.44. The van der Waals surface area contributed by atoms with Crippen molar-refractivity contribution in [2.75, 3.05) is 20.8 Å². The highest BCUT2D eigenvalue weighted by molar-refractivity contribution is 5.49. The summed E-state index contributed by atoms with van der Waals surface area (Å²) in [5.74, 6) is 1.53. The van der Waals surface area contributed by atoms with E-state index in [9.17, 15) is 0 Å². The number of epoxide rings is 1.